The summed E-state index contributed by atoms with van der Waals surface area (Å²) in [6, 6.07) is 11.9. The average molecular weight is 340 g/mol. The molecule has 0 atom stereocenters. The predicted octanol–water partition coefficient (Wildman–Crippen LogP) is 2.93. The van der Waals surface area contributed by atoms with E-state index in [1.807, 2.05) is 24.3 Å². The van der Waals surface area contributed by atoms with Gasteiger partial charge in [-0.25, -0.2) is 4.39 Å². The molecule has 0 aliphatic rings. The van der Waals surface area contributed by atoms with Crippen LogP contribution in [0.3, 0.4) is 0 Å². The number of hydrogen-bond donors (Lipinski definition) is 0. The SMILES string of the molecule is CCc1ccc(-c2nnn(CC(=O)c3ccc(OC)c(F)c3)n2)cc1. The summed E-state index contributed by atoms with van der Waals surface area (Å²) < 4.78 is 18.5. The van der Waals surface area contributed by atoms with Crippen LogP contribution in [0.5, 0.6) is 5.75 Å². The number of carbonyl (C=O) groups excluding carboxylic acids is 1. The van der Waals surface area contributed by atoms with E-state index in [-0.39, 0.29) is 23.6 Å². The first-order valence-corrected chi connectivity index (χ1v) is 7.84. The molecule has 0 fully saturated rings. The van der Waals surface area contributed by atoms with Crippen LogP contribution in [0, 0.1) is 5.82 Å². The van der Waals surface area contributed by atoms with Gasteiger partial charge in [0.1, 0.15) is 6.54 Å². The number of aromatic nitrogens is 4. The second kappa shape index (κ2) is 7.21. The molecule has 0 amide bonds. The third-order valence-corrected chi connectivity index (χ3v) is 3.83. The molecule has 7 heteroatoms. The van der Waals surface area contributed by atoms with Crippen LogP contribution in [-0.4, -0.2) is 33.1 Å². The number of carbonyl (C=O) groups is 1. The van der Waals surface area contributed by atoms with Crippen LogP contribution >= 0.6 is 0 Å². The van der Waals surface area contributed by atoms with E-state index < -0.39 is 5.82 Å². The Morgan fingerprint density at radius 2 is 1.96 bits per heavy atom. The molecule has 1 aromatic heterocycles. The fourth-order valence-corrected chi connectivity index (χ4v) is 2.37. The van der Waals surface area contributed by atoms with Gasteiger partial charge in [0.15, 0.2) is 17.3 Å². The zero-order chi connectivity index (χ0) is 17.8. The van der Waals surface area contributed by atoms with Crippen LogP contribution in [0.15, 0.2) is 42.5 Å². The third-order valence-electron chi connectivity index (χ3n) is 3.83. The van der Waals surface area contributed by atoms with E-state index in [0.717, 1.165) is 18.1 Å². The molecule has 3 rings (SSSR count). The maximum absolute atomic E-state index is 13.7. The van der Waals surface area contributed by atoms with Gasteiger partial charge in [-0.15, -0.1) is 10.2 Å². The molecule has 25 heavy (non-hydrogen) atoms. The molecule has 0 N–H and O–H groups in total. The highest BCUT2D eigenvalue weighted by Crippen LogP contribution is 2.18. The van der Waals surface area contributed by atoms with Gasteiger partial charge in [-0.3, -0.25) is 4.79 Å². The second-order valence-corrected chi connectivity index (χ2v) is 5.47. The van der Waals surface area contributed by atoms with Crippen LogP contribution in [0.4, 0.5) is 4.39 Å². The number of hydrogen-bond acceptors (Lipinski definition) is 5. The van der Waals surface area contributed by atoms with Crippen molar-refractivity contribution in [1.29, 1.82) is 0 Å². The van der Waals surface area contributed by atoms with Crippen molar-refractivity contribution in [3.8, 4) is 17.1 Å². The van der Waals surface area contributed by atoms with Gasteiger partial charge in [-0.2, -0.15) is 4.80 Å². The summed E-state index contributed by atoms with van der Waals surface area (Å²) >= 11 is 0. The summed E-state index contributed by atoms with van der Waals surface area (Å²) in [6.45, 7) is 1.96. The number of ketones is 1. The first-order chi connectivity index (χ1) is 12.1. The van der Waals surface area contributed by atoms with Crippen LogP contribution in [0.2, 0.25) is 0 Å². The minimum atomic E-state index is -0.586. The minimum Gasteiger partial charge on any atom is -0.494 e. The molecule has 0 bridgehead atoms. The third kappa shape index (κ3) is 3.71. The first kappa shape index (κ1) is 16.8. The van der Waals surface area contributed by atoms with Gasteiger partial charge in [0.25, 0.3) is 0 Å². The first-order valence-electron chi connectivity index (χ1n) is 7.84. The monoisotopic (exact) mass is 340 g/mol. The highest BCUT2D eigenvalue weighted by Gasteiger charge is 2.13. The number of halogens is 1. The molecule has 0 saturated carbocycles. The minimum absolute atomic E-state index is 0.0910. The lowest BCUT2D eigenvalue weighted by molar-refractivity contribution is 0.0961. The Balaban J connectivity index is 1.74. The summed E-state index contributed by atoms with van der Waals surface area (Å²) in [6.07, 6.45) is 0.952. The van der Waals surface area contributed by atoms with Gasteiger partial charge in [0.05, 0.1) is 7.11 Å². The summed E-state index contributed by atoms with van der Waals surface area (Å²) in [5.74, 6) is -0.368. The topological polar surface area (TPSA) is 69.9 Å². The number of benzene rings is 2. The lowest BCUT2D eigenvalue weighted by Gasteiger charge is -2.04. The van der Waals surface area contributed by atoms with E-state index in [2.05, 4.69) is 22.3 Å². The molecule has 0 unspecified atom stereocenters. The van der Waals surface area contributed by atoms with Crippen LogP contribution in [0.1, 0.15) is 22.8 Å². The number of nitrogens with zero attached hydrogens (tertiary/aromatic N) is 4. The smallest absolute Gasteiger partial charge is 0.204 e. The Hall–Kier alpha value is -3.09. The largest absolute Gasteiger partial charge is 0.494 e. The normalized spacial score (nSPS) is 10.7. The standard InChI is InChI=1S/C18H17FN4O2/c1-3-12-4-6-13(7-5-12)18-20-22-23(21-18)11-16(24)14-8-9-17(25-2)15(19)10-14/h4-10H,3,11H2,1-2H3. The molecule has 3 aromatic rings. The fourth-order valence-electron chi connectivity index (χ4n) is 2.37. The lowest BCUT2D eigenvalue weighted by Crippen LogP contribution is -2.13. The number of methoxy groups -OCH3 is 1. The van der Waals surface area contributed by atoms with Gasteiger partial charge in [-0.1, -0.05) is 31.2 Å². The number of Topliss-reactive ketones (excluding diaryl/α,β-unsaturated/α-hetero) is 1. The van der Waals surface area contributed by atoms with Crippen molar-refractivity contribution in [3.63, 3.8) is 0 Å². The molecule has 128 valence electrons. The van der Waals surface area contributed by atoms with E-state index in [4.69, 9.17) is 4.74 Å². The van der Waals surface area contributed by atoms with E-state index in [1.165, 1.54) is 29.6 Å². The molecular formula is C18H17FN4O2. The van der Waals surface area contributed by atoms with Gasteiger partial charge in [0.2, 0.25) is 5.82 Å². The lowest BCUT2D eigenvalue weighted by atomic mass is 10.1. The van der Waals surface area contributed by atoms with Crippen molar-refractivity contribution in [3.05, 3.63) is 59.4 Å². The molecule has 1 heterocycles. The van der Waals surface area contributed by atoms with Gasteiger partial charge < -0.3 is 4.74 Å². The molecule has 0 aliphatic heterocycles. The number of aryl methyl sites for hydroxylation is 1. The highest BCUT2D eigenvalue weighted by molar-refractivity contribution is 5.95. The Morgan fingerprint density at radius 1 is 1.20 bits per heavy atom. The molecule has 0 radical (unpaired) electrons. The van der Waals surface area contributed by atoms with Crippen LogP contribution in [0.25, 0.3) is 11.4 Å². The summed E-state index contributed by atoms with van der Waals surface area (Å²) in [5, 5.41) is 12.1. The van der Waals surface area contributed by atoms with Crippen molar-refractivity contribution < 1.29 is 13.9 Å². The second-order valence-electron chi connectivity index (χ2n) is 5.47. The van der Waals surface area contributed by atoms with Crippen molar-refractivity contribution in [2.45, 2.75) is 19.9 Å². The number of ether oxygens (including phenoxy) is 1. The average Bonchev–Trinajstić information content (AvgIpc) is 3.10. The Bertz CT molecular complexity index is 890. The Morgan fingerprint density at radius 3 is 2.60 bits per heavy atom. The number of rotatable bonds is 6. The van der Waals surface area contributed by atoms with Crippen molar-refractivity contribution in [1.82, 2.24) is 20.2 Å². The number of tetrazole rings is 1. The van der Waals surface area contributed by atoms with Crippen molar-refractivity contribution in [2.75, 3.05) is 7.11 Å². The Kier molecular flexibility index (Phi) is 4.83. The molecular weight excluding hydrogens is 323 g/mol. The zero-order valence-electron chi connectivity index (χ0n) is 13.9. The van der Waals surface area contributed by atoms with E-state index in [1.54, 1.807) is 0 Å². The van der Waals surface area contributed by atoms with Gasteiger partial charge >= 0.3 is 0 Å². The highest BCUT2D eigenvalue weighted by atomic mass is 19.1. The summed E-state index contributed by atoms with van der Waals surface area (Å²) in [5.41, 5.74) is 2.27. The molecule has 0 aliphatic carbocycles. The van der Waals surface area contributed by atoms with E-state index in [0.29, 0.717) is 5.82 Å². The van der Waals surface area contributed by atoms with E-state index >= 15 is 0 Å². The van der Waals surface area contributed by atoms with E-state index in [9.17, 15) is 9.18 Å². The predicted molar refractivity (Wildman–Crippen MR) is 89.9 cm³/mol. The van der Waals surface area contributed by atoms with Crippen molar-refractivity contribution >= 4 is 5.78 Å². The fraction of sp³-hybridized carbons (Fsp3) is 0.222. The van der Waals surface area contributed by atoms with Crippen LogP contribution in [-0.2, 0) is 13.0 Å². The van der Waals surface area contributed by atoms with Gasteiger partial charge in [-0.05, 0) is 35.4 Å². The summed E-state index contributed by atoms with van der Waals surface area (Å²) in [4.78, 5) is 13.5. The maximum atomic E-state index is 13.7. The molecule has 6 nitrogen and oxygen atoms in total. The molecule has 2 aromatic carbocycles. The summed E-state index contributed by atoms with van der Waals surface area (Å²) in [7, 11) is 1.37. The Labute approximate surface area is 144 Å². The van der Waals surface area contributed by atoms with Crippen LogP contribution < -0.4 is 4.74 Å². The maximum Gasteiger partial charge on any atom is 0.204 e. The van der Waals surface area contributed by atoms with Crippen molar-refractivity contribution in [2.24, 2.45) is 0 Å². The quantitative estimate of drug-likeness (QED) is 0.645. The zero-order valence-corrected chi connectivity index (χ0v) is 13.9. The van der Waals surface area contributed by atoms with Gasteiger partial charge in [0, 0.05) is 11.1 Å². The molecule has 0 spiro atoms. The molecule has 0 saturated heterocycles.